The lowest BCUT2D eigenvalue weighted by atomic mass is 9.94. The number of aromatic nitrogens is 2. The van der Waals surface area contributed by atoms with Gasteiger partial charge in [0.2, 0.25) is 0 Å². The van der Waals surface area contributed by atoms with Crippen molar-refractivity contribution in [3.63, 3.8) is 0 Å². The highest BCUT2D eigenvalue weighted by Crippen LogP contribution is 2.37. The molecule has 4 nitrogen and oxygen atoms in total. The van der Waals surface area contributed by atoms with E-state index in [1.807, 2.05) is 36.0 Å². The zero-order chi connectivity index (χ0) is 16.7. The van der Waals surface area contributed by atoms with E-state index in [2.05, 4.69) is 21.9 Å². The first-order valence-corrected chi connectivity index (χ1v) is 9.04. The number of hydrogen-bond donors (Lipinski definition) is 1. The number of aryl methyl sites for hydroxylation is 2. The summed E-state index contributed by atoms with van der Waals surface area (Å²) in [5.74, 6) is -0.125. The van der Waals surface area contributed by atoms with Gasteiger partial charge >= 0.3 is 0 Å². The molecular weight excluding hydrogens is 342 g/mol. The Morgan fingerprint density at radius 2 is 2.08 bits per heavy atom. The first-order valence-electron chi connectivity index (χ1n) is 7.78. The van der Waals surface area contributed by atoms with Crippen molar-refractivity contribution in [3.8, 4) is 11.3 Å². The number of carbonyl (C=O) groups is 1. The molecule has 0 saturated heterocycles. The molecule has 0 unspecified atom stereocenters. The minimum atomic E-state index is -0.125. The SMILES string of the molecule is Cn1nc(C(=O)NCc2ccc(Cl)cc2)c2c1-c1ccsc1CC2. The van der Waals surface area contributed by atoms with Crippen LogP contribution in [-0.4, -0.2) is 15.7 Å². The van der Waals surface area contributed by atoms with Crippen LogP contribution in [0, 0.1) is 0 Å². The van der Waals surface area contributed by atoms with E-state index in [0.29, 0.717) is 17.3 Å². The van der Waals surface area contributed by atoms with E-state index in [0.717, 1.165) is 29.7 Å². The van der Waals surface area contributed by atoms with Gasteiger partial charge in [0.1, 0.15) is 0 Å². The van der Waals surface area contributed by atoms with Crippen LogP contribution >= 0.6 is 22.9 Å². The van der Waals surface area contributed by atoms with Crippen molar-refractivity contribution in [2.45, 2.75) is 19.4 Å². The highest BCUT2D eigenvalue weighted by Gasteiger charge is 2.27. The van der Waals surface area contributed by atoms with Gasteiger partial charge in [0.15, 0.2) is 5.69 Å². The van der Waals surface area contributed by atoms with Crippen LogP contribution in [0.5, 0.6) is 0 Å². The Morgan fingerprint density at radius 1 is 1.29 bits per heavy atom. The Kier molecular flexibility index (Phi) is 3.90. The Morgan fingerprint density at radius 3 is 2.88 bits per heavy atom. The topological polar surface area (TPSA) is 46.9 Å². The molecular formula is C18H16ClN3OS. The van der Waals surface area contributed by atoms with Crippen molar-refractivity contribution in [2.24, 2.45) is 7.05 Å². The maximum Gasteiger partial charge on any atom is 0.272 e. The van der Waals surface area contributed by atoms with Gasteiger partial charge in [-0.15, -0.1) is 11.3 Å². The van der Waals surface area contributed by atoms with Crippen LogP contribution in [0.15, 0.2) is 35.7 Å². The Labute approximate surface area is 149 Å². The molecule has 1 amide bonds. The second-order valence-electron chi connectivity index (χ2n) is 5.87. The highest BCUT2D eigenvalue weighted by molar-refractivity contribution is 7.10. The second kappa shape index (κ2) is 6.07. The predicted octanol–water partition coefficient (Wildman–Crippen LogP) is 3.83. The lowest BCUT2D eigenvalue weighted by molar-refractivity contribution is 0.0944. The molecule has 24 heavy (non-hydrogen) atoms. The van der Waals surface area contributed by atoms with E-state index in [1.165, 1.54) is 10.4 Å². The zero-order valence-corrected chi connectivity index (χ0v) is 14.7. The molecule has 0 bridgehead atoms. The third-order valence-electron chi connectivity index (χ3n) is 4.33. The number of nitrogens with one attached hydrogen (secondary N) is 1. The second-order valence-corrected chi connectivity index (χ2v) is 7.30. The summed E-state index contributed by atoms with van der Waals surface area (Å²) in [4.78, 5) is 14.0. The van der Waals surface area contributed by atoms with Crippen LogP contribution in [0.25, 0.3) is 11.3 Å². The standard InChI is InChI=1S/C18H16ClN3OS/c1-22-17-13-8-9-24-15(13)7-6-14(17)16(21-22)18(23)20-10-11-2-4-12(19)5-3-11/h2-5,8-9H,6-7,10H2,1H3,(H,20,23). The van der Waals surface area contributed by atoms with Crippen molar-refractivity contribution < 1.29 is 4.79 Å². The molecule has 0 fully saturated rings. The number of nitrogens with zero attached hydrogens (tertiary/aromatic N) is 2. The molecule has 0 saturated carbocycles. The van der Waals surface area contributed by atoms with Crippen LogP contribution in [0.4, 0.5) is 0 Å². The maximum atomic E-state index is 12.6. The minimum absolute atomic E-state index is 0.125. The van der Waals surface area contributed by atoms with E-state index in [4.69, 9.17) is 11.6 Å². The fourth-order valence-electron chi connectivity index (χ4n) is 3.18. The minimum Gasteiger partial charge on any atom is -0.347 e. The van der Waals surface area contributed by atoms with Crippen molar-refractivity contribution >= 4 is 28.8 Å². The van der Waals surface area contributed by atoms with Crippen LogP contribution < -0.4 is 5.32 Å². The van der Waals surface area contributed by atoms with Gasteiger partial charge in [-0.05, 0) is 42.0 Å². The van der Waals surface area contributed by atoms with Crippen LogP contribution in [0.2, 0.25) is 5.02 Å². The van der Waals surface area contributed by atoms with Gasteiger partial charge in [-0.2, -0.15) is 5.10 Å². The average Bonchev–Trinajstić information content (AvgIpc) is 3.18. The summed E-state index contributed by atoms with van der Waals surface area (Å²) in [6.45, 7) is 0.463. The number of fused-ring (bicyclic) bond motifs is 3. The first-order chi connectivity index (χ1) is 11.6. The molecule has 122 valence electrons. The molecule has 1 aromatic carbocycles. The lowest BCUT2D eigenvalue weighted by Gasteiger charge is -2.13. The van der Waals surface area contributed by atoms with Gasteiger partial charge in [-0.1, -0.05) is 23.7 Å². The monoisotopic (exact) mass is 357 g/mol. The molecule has 0 radical (unpaired) electrons. The predicted molar refractivity (Wildman–Crippen MR) is 96.6 cm³/mol. The number of amides is 1. The molecule has 1 N–H and O–H groups in total. The highest BCUT2D eigenvalue weighted by atomic mass is 35.5. The third kappa shape index (κ3) is 2.64. The fraction of sp³-hybridized carbons (Fsp3) is 0.222. The summed E-state index contributed by atoms with van der Waals surface area (Å²) in [7, 11) is 1.90. The molecule has 6 heteroatoms. The van der Waals surface area contributed by atoms with E-state index in [-0.39, 0.29) is 5.91 Å². The number of halogens is 1. The molecule has 1 aliphatic carbocycles. The van der Waals surface area contributed by atoms with E-state index in [9.17, 15) is 4.79 Å². The number of rotatable bonds is 3. The van der Waals surface area contributed by atoms with Gasteiger partial charge in [0.05, 0.1) is 5.69 Å². The van der Waals surface area contributed by atoms with Crippen molar-refractivity contribution in [3.05, 3.63) is 62.4 Å². The van der Waals surface area contributed by atoms with Gasteiger partial charge in [0, 0.05) is 34.6 Å². The number of carbonyl (C=O) groups excluding carboxylic acids is 1. The van der Waals surface area contributed by atoms with Crippen molar-refractivity contribution in [1.29, 1.82) is 0 Å². The summed E-state index contributed by atoms with van der Waals surface area (Å²) in [6.07, 6.45) is 1.84. The average molecular weight is 358 g/mol. The molecule has 0 atom stereocenters. The largest absolute Gasteiger partial charge is 0.347 e. The molecule has 2 aromatic heterocycles. The van der Waals surface area contributed by atoms with Crippen molar-refractivity contribution in [1.82, 2.24) is 15.1 Å². The zero-order valence-electron chi connectivity index (χ0n) is 13.2. The van der Waals surface area contributed by atoms with Crippen molar-refractivity contribution in [2.75, 3.05) is 0 Å². The van der Waals surface area contributed by atoms with E-state index < -0.39 is 0 Å². The quantitative estimate of drug-likeness (QED) is 0.774. The summed E-state index contributed by atoms with van der Waals surface area (Å²) >= 11 is 7.66. The molecule has 3 aromatic rings. The molecule has 0 aliphatic heterocycles. The summed E-state index contributed by atoms with van der Waals surface area (Å²) in [5, 5.41) is 10.2. The van der Waals surface area contributed by atoms with Crippen LogP contribution in [0.3, 0.4) is 0 Å². The van der Waals surface area contributed by atoms with Gasteiger partial charge < -0.3 is 5.32 Å². The molecule has 2 heterocycles. The smallest absolute Gasteiger partial charge is 0.272 e. The number of thiophene rings is 1. The number of benzene rings is 1. The van der Waals surface area contributed by atoms with E-state index in [1.54, 1.807) is 11.3 Å². The normalized spacial score (nSPS) is 12.6. The van der Waals surface area contributed by atoms with Gasteiger partial charge in [-0.3, -0.25) is 9.48 Å². The fourth-order valence-corrected chi connectivity index (χ4v) is 4.18. The molecule has 4 rings (SSSR count). The van der Waals surface area contributed by atoms with Crippen LogP contribution in [0.1, 0.15) is 26.5 Å². The third-order valence-corrected chi connectivity index (χ3v) is 5.56. The Bertz CT molecular complexity index is 911. The lowest BCUT2D eigenvalue weighted by Crippen LogP contribution is -2.24. The molecule has 1 aliphatic rings. The summed E-state index contributed by atoms with van der Waals surface area (Å²) in [6, 6.07) is 9.59. The maximum absolute atomic E-state index is 12.6. The first kappa shape index (κ1) is 15.4. The van der Waals surface area contributed by atoms with Crippen LogP contribution in [-0.2, 0) is 26.4 Å². The molecule has 0 spiro atoms. The summed E-state index contributed by atoms with van der Waals surface area (Å²) < 4.78 is 1.83. The number of hydrogen-bond acceptors (Lipinski definition) is 3. The van der Waals surface area contributed by atoms with E-state index >= 15 is 0 Å². The summed E-state index contributed by atoms with van der Waals surface area (Å²) in [5.41, 5.74) is 4.90. The van der Waals surface area contributed by atoms with Gasteiger partial charge in [-0.25, -0.2) is 0 Å². The Hall–Kier alpha value is -2.11. The Balaban J connectivity index is 1.58. The van der Waals surface area contributed by atoms with Gasteiger partial charge in [0.25, 0.3) is 5.91 Å².